The summed E-state index contributed by atoms with van der Waals surface area (Å²) in [6.45, 7) is 2.64. The SMILES string of the molecule is CCN(Cc1cccc(F)c1)C(=O)c1cc(Cl)c(OC)c(OC)c1. The smallest absolute Gasteiger partial charge is 0.254 e. The summed E-state index contributed by atoms with van der Waals surface area (Å²) in [6.07, 6.45) is 0. The van der Waals surface area contributed by atoms with Crippen LogP contribution in [-0.4, -0.2) is 31.6 Å². The third kappa shape index (κ3) is 3.97. The Bertz CT molecular complexity index is 736. The Labute approximate surface area is 145 Å². The normalized spacial score (nSPS) is 10.4. The molecule has 0 fully saturated rings. The van der Waals surface area contributed by atoms with Gasteiger partial charge in [-0.25, -0.2) is 4.39 Å². The van der Waals surface area contributed by atoms with Gasteiger partial charge in [0.1, 0.15) is 5.82 Å². The largest absolute Gasteiger partial charge is 0.493 e. The molecule has 0 radical (unpaired) electrons. The number of ether oxygens (including phenoxy) is 2. The summed E-state index contributed by atoms with van der Waals surface area (Å²) in [4.78, 5) is 14.4. The van der Waals surface area contributed by atoms with Crippen molar-refractivity contribution < 1.29 is 18.7 Å². The lowest BCUT2D eigenvalue weighted by Gasteiger charge is -2.22. The van der Waals surface area contributed by atoms with Crippen LogP contribution >= 0.6 is 11.6 Å². The van der Waals surface area contributed by atoms with Gasteiger partial charge < -0.3 is 14.4 Å². The lowest BCUT2D eigenvalue weighted by Crippen LogP contribution is -2.30. The van der Waals surface area contributed by atoms with Crippen LogP contribution in [0.3, 0.4) is 0 Å². The lowest BCUT2D eigenvalue weighted by molar-refractivity contribution is 0.0752. The van der Waals surface area contributed by atoms with E-state index >= 15 is 0 Å². The molecule has 2 rings (SSSR count). The number of halogens is 2. The molecule has 1 amide bonds. The number of rotatable bonds is 6. The first-order chi connectivity index (χ1) is 11.5. The van der Waals surface area contributed by atoms with E-state index in [9.17, 15) is 9.18 Å². The molecule has 0 saturated heterocycles. The molecule has 2 aromatic rings. The molecule has 0 aliphatic heterocycles. The van der Waals surface area contributed by atoms with Crippen LogP contribution in [0.15, 0.2) is 36.4 Å². The highest BCUT2D eigenvalue weighted by Gasteiger charge is 2.19. The fraction of sp³-hybridized carbons (Fsp3) is 0.278. The van der Waals surface area contributed by atoms with Crippen molar-refractivity contribution in [1.29, 1.82) is 0 Å². The summed E-state index contributed by atoms with van der Waals surface area (Å²) in [5.74, 6) is 0.217. The Hall–Kier alpha value is -2.27. The van der Waals surface area contributed by atoms with Crippen LogP contribution in [0.1, 0.15) is 22.8 Å². The first-order valence-corrected chi connectivity index (χ1v) is 7.83. The zero-order valence-electron chi connectivity index (χ0n) is 13.8. The van der Waals surface area contributed by atoms with Gasteiger partial charge in [0.05, 0.1) is 19.2 Å². The molecule has 0 unspecified atom stereocenters. The van der Waals surface area contributed by atoms with Gasteiger partial charge in [0.25, 0.3) is 5.91 Å². The molecule has 4 nitrogen and oxygen atoms in total. The van der Waals surface area contributed by atoms with Crippen molar-refractivity contribution in [2.45, 2.75) is 13.5 Å². The van der Waals surface area contributed by atoms with Crippen molar-refractivity contribution in [3.63, 3.8) is 0 Å². The van der Waals surface area contributed by atoms with E-state index < -0.39 is 0 Å². The zero-order chi connectivity index (χ0) is 17.7. The van der Waals surface area contributed by atoms with E-state index in [1.165, 1.54) is 26.4 Å². The fourth-order valence-corrected chi connectivity index (χ4v) is 2.69. The van der Waals surface area contributed by atoms with Crippen LogP contribution in [0.25, 0.3) is 0 Å². The maximum Gasteiger partial charge on any atom is 0.254 e. The standard InChI is InChI=1S/C18H19ClFNO3/c1-4-21(11-12-6-5-7-14(20)8-12)18(22)13-9-15(19)17(24-3)16(10-13)23-2/h5-10H,4,11H2,1-3H3. The highest BCUT2D eigenvalue weighted by molar-refractivity contribution is 6.32. The van der Waals surface area contributed by atoms with E-state index in [2.05, 4.69) is 0 Å². The molecule has 0 heterocycles. The van der Waals surface area contributed by atoms with E-state index in [1.54, 1.807) is 29.2 Å². The molecule has 0 bridgehead atoms. The molecule has 128 valence electrons. The highest BCUT2D eigenvalue weighted by atomic mass is 35.5. The van der Waals surface area contributed by atoms with Gasteiger partial charge in [-0.3, -0.25) is 4.79 Å². The summed E-state index contributed by atoms with van der Waals surface area (Å²) in [6, 6.07) is 9.31. The van der Waals surface area contributed by atoms with Crippen LogP contribution in [0.5, 0.6) is 11.5 Å². The number of carbonyl (C=O) groups excluding carboxylic acids is 1. The Morgan fingerprint density at radius 1 is 1.21 bits per heavy atom. The molecule has 24 heavy (non-hydrogen) atoms. The third-order valence-corrected chi connectivity index (χ3v) is 3.89. The summed E-state index contributed by atoms with van der Waals surface area (Å²) in [5.41, 5.74) is 1.10. The minimum absolute atomic E-state index is 0.218. The number of hydrogen-bond donors (Lipinski definition) is 0. The predicted octanol–water partition coefficient (Wildman–Crippen LogP) is 4.16. The minimum Gasteiger partial charge on any atom is -0.493 e. The van der Waals surface area contributed by atoms with E-state index in [4.69, 9.17) is 21.1 Å². The second kappa shape index (κ2) is 8.02. The Morgan fingerprint density at radius 3 is 2.54 bits per heavy atom. The maximum atomic E-state index is 13.3. The molecule has 0 atom stereocenters. The molecular weight excluding hydrogens is 333 g/mol. The van der Waals surface area contributed by atoms with E-state index in [0.29, 0.717) is 35.2 Å². The second-order valence-corrected chi connectivity index (χ2v) is 5.55. The number of benzene rings is 2. The van der Waals surface area contributed by atoms with Gasteiger partial charge in [0.2, 0.25) is 0 Å². The van der Waals surface area contributed by atoms with Crippen LogP contribution in [-0.2, 0) is 6.54 Å². The summed E-state index contributed by atoms with van der Waals surface area (Å²) in [5, 5.41) is 0.294. The van der Waals surface area contributed by atoms with Crippen LogP contribution in [0.2, 0.25) is 5.02 Å². The van der Waals surface area contributed by atoms with E-state index in [-0.39, 0.29) is 11.7 Å². The van der Waals surface area contributed by atoms with Gasteiger partial charge in [-0.1, -0.05) is 23.7 Å². The monoisotopic (exact) mass is 351 g/mol. The molecule has 0 saturated carbocycles. The van der Waals surface area contributed by atoms with Crippen molar-refractivity contribution in [2.24, 2.45) is 0 Å². The predicted molar refractivity (Wildman–Crippen MR) is 91.4 cm³/mol. The lowest BCUT2D eigenvalue weighted by atomic mass is 10.1. The van der Waals surface area contributed by atoms with Crippen LogP contribution in [0.4, 0.5) is 4.39 Å². The van der Waals surface area contributed by atoms with Crippen molar-refractivity contribution >= 4 is 17.5 Å². The van der Waals surface area contributed by atoms with E-state index in [0.717, 1.165) is 5.56 Å². The topological polar surface area (TPSA) is 38.8 Å². The first-order valence-electron chi connectivity index (χ1n) is 7.45. The Balaban J connectivity index is 2.29. The highest BCUT2D eigenvalue weighted by Crippen LogP contribution is 2.36. The quantitative estimate of drug-likeness (QED) is 0.784. The van der Waals surface area contributed by atoms with Crippen molar-refractivity contribution in [1.82, 2.24) is 4.90 Å². The molecule has 0 aromatic heterocycles. The van der Waals surface area contributed by atoms with Gasteiger partial charge in [-0.2, -0.15) is 0 Å². The van der Waals surface area contributed by atoms with Crippen molar-refractivity contribution in [2.75, 3.05) is 20.8 Å². The minimum atomic E-state index is -0.329. The van der Waals surface area contributed by atoms with Gasteiger partial charge in [0.15, 0.2) is 11.5 Å². The average molecular weight is 352 g/mol. The second-order valence-electron chi connectivity index (χ2n) is 5.14. The number of hydrogen-bond acceptors (Lipinski definition) is 3. The van der Waals surface area contributed by atoms with E-state index in [1.807, 2.05) is 6.92 Å². The van der Waals surface area contributed by atoms with Gasteiger partial charge in [0, 0.05) is 18.7 Å². The maximum absolute atomic E-state index is 13.3. The summed E-state index contributed by atoms with van der Waals surface area (Å²) in [7, 11) is 2.96. The Kier molecular flexibility index (Phi) is 6.04. The molecule has 2 aromatic carbocycles. The number of amides is 1. The Morgan fingerprint density at radius 2 is 1.96 bits per heavy atom. The van der Waals surface area contributed by atoms with Crippen molar-refractivity contribution in [3.05, 3.63) is 58.4 Å². The molecule has 6 heteroatoms. The summed E-state index contributed by atoms with van der Waals surface area (Å²) < 4.78 is 23.7. The molecule has 0 aliphatic carbocycles. The number of methoxy groups -OCH3 is 2. The van der Waals surface area contributed by atoms with Gasteiger partial charge in [-0.05, 0) is 36.8 Å². The average Bonchev–Trinajstić information content (AvgIpc) is 2.58. The first kappa shape index (κ1) is 18.1. The number of carbonyl (C=O) groups is 1. The number of nitrogens with zero attached hydrogens (tertiary/aromatic N) is 1. The fourth-order valence-electron chi connectivity index (χ4n) is 2.41. The van der Waals surface area contributed by atoms with Gasteiger partial charge in [-0.15, -0.1) is 0 Å². The van der Waals surface area contributed by atoms with Crippen LogP contribution in [0, 0.1) is 5.82 Å². The molecule has 0 spiro atoms. The van der Waals surface area contributed by atoms with Gasteiger partial charge >= 0.3 is 0 Å². The van der Waals surface area contributed by atoms with Crippen molar-refractivity contribution in [3.8, 4) is 11.5 Å². The van der Waals surface area contributed by atoms with Crippen LogP contribution < -0.4 is 9.47 Å². The summed E-state index contributed by atoms with van der Waals surface area (Å²) >= 11 is 6.16. The molecule has 0 N–H and O–H groups in total. The zero-order valence-corrected chi connectivity index (χ0v) is 14.6. The third-order valence-electron chi connectivity index (χ3n) is 3.61. The molecule has 0 aliphatic rings. The molecular formula is C18H19ClFNO3.